The van der Waals surface area contributed by atoms with E-state index in [-0.39, 0.29) is 5.97 Å². The van der Waals surface area contributed by atoms with Gasteiger partial charge >= 0.3 is 5.97 Å². The number of aromatic nitrogens is 1. The van der Waals surface area contributed by atoms with Gasteiger partial charge in [0.25, 0.3) is 0 Å². The van der Waals surface area contributed by atoms with E-state index in [4.69, 9.17) is 11.3 Å². The number of ether oxygens (including phenoxy) is 1. The number of pyridine rings is 1. The van der Waals surface area contributed by atoms with Crippen LogP contribution in [0.25, 0.3) is 15.7 Å². The van der Waals surface area contributed by atoms with Gasteiger partial charge in [-0.2, -0.15) is 0 Å². The molecule has 0 bridgehead atoms. The lowest BCUT2D eigenvalue weighted by Gasteiger charge is -2.10. The van der Waals surface area contributed by atoms with E-state index in [2.05, 4.69) is 15.1 Å². The van der Waals surface area contributed by atoms with Crippen LogP contribution in [0.1, 0.15) is 10.4 Å². The molecule has 0 saturated heterocycles. The maximum atomic E-state index is 11.6. The van der Waals surface area contributed by atoms with Crippen molar-refractivity contribution in [2.75, 3.05) is 12.4 Å². The van der Waals surface area contributed by atoms with Gasteiger partial charge in [-0.05, 0) is 36.4 Å². The van der Waals surface area contributed by atoms with Crippen LogP contribution in [-0.2, 0) is 4.74 Å². The Bertz CT molecular complexity index is 929. The molecule has 0 unspecified atom stereocenters. The van der Waals surface area contributed by atoms with Crippen molar-refractivity contribution in [1.82, 2.24) is 4.98 Å². The summed E-state index contributed by atoms with van der Waals surface area (Å²) in [5.74, 6) is -0.386. The number of nitrogens with zero attached hydrogens (tertiary/aromatic N) is 2. The Morgan fingerprint density at radius 1 is 1.22 bits per heavy atom. The lowest BCUT2D eigenvalue weighted by atomic mass is 10.1. The third-order valence-corrected chi connectivity index (χ3v) is 3.42. The summed E-state index contributed by atoms with van der Waals surface area (Å²) >= 11 is 0. The van der Waals surface area contributed by atoms with Gasteiger partial charge in [-0.15, -0.1) is 0 Å². The third kappa shape index (κ3) is 2.97. The first-order valence-electron chi connectivity index (χ1n) is 6.93. The Morgan fingerprint density at radius 2 is 2.09 bits per heavy atom. The molecule has 0 aliphatic rings. The van der Waals surface area contributed by atoms with E-state index < -0.39 is 0 Å². The lowest BCUT2D eigenvalue weighted by Crippen LogP contribution is -2.01. The van der Waals surface area contributed by atoms with E-state index in [9.17, 15) is 4.79 Å². The summed E-state index contributed by atoms with van der Waals surface area (Å²) in [7, 11) is 1.35. The number of carbonyl (C=O) groups is 1. The molecule has 0 amide bonds. The number of nitrogens with one attached hydrogen (secondary N) is 1. The van der Waals surface area contributed by atoms with Gasteiger partial charge in [0.15, 0.2) is 5.69 Å². The molecule has 112 valence electrons. The lowest BCUT2D eigenvalue weighted by molar-refractivity contribution is 0.0601. The molecule has 5 nitrogen and oxygen atoms in total. The van der Waals surface area contributed by atoms with Gasteiger partial charge in [-0.1, -0.05) is 12.1 Å². The Hall–Kier alpha value is -3.39. The van der Waals surface area contributed by atoms with Crippen LogP contribution in [0.2, 0.25) is 0 Å². The monoisotopic (exact) mass is 303 g/mol. The minimum absolute atomic E-state index is 0.386. The second-order valence-electron chi connectivity index (χ2n) is 4.87. The second-order valence-corrected chi connectivity index (χ2v) is 4.87. The van der Waals surface area contributed by atoms with Crippen LogP contribution in [0.3, 0.4) is 0 Å². The molecule has 0 saturated carbocycles. The van der Waals surface area contributed by atoms with E-state index >= 15 is 0 Å². The van der Waals surface area contributed by atoms with Gasteiger partial charge in [0.2, 0.25) is 0 Å². The van der Waals surface area contributed by atoms with Crippen LogP contribution in [0.5, 0.6) is 0 Å². The smallest absolute Gasteiger partial charge is 0.337 e. The normalized spacial score (nSPS) is 10.1. The molecule has 2 aromatic carbocycles. The maximum Gasteiger partial charge on any atom is 0.337 e. The molecule has 0 spiro atoms. The van der Waals surface area contributed by atoms with Crippen molar-refractivity contribution in [1.29, 1.82) is 0 Å². The van der Waals surface area contributed by atoms with Crippen LogP contribution in [0, 0.1) is 6.57 Å². The zero-order valence-electron chi connectivity index (χ0n) is 12.4. The molecule has 5 heteroatoms. The summed E-state index contributed by atoms with van der Waals surface area (Å²) in [6, 6.07) is 14.2. The van der Waals surface area contributed by atoms with Gasteiger partial charge in [-0.25, -0.2) is 9.64 Å². The number of hydrogen-bond acceptors (Lipinski definition) is 4. The minimum Gasteiger partial charge on any atom is -0.465 e. The fourth-order valence-electron chi connectivity index (χ4n) is 2.31. The van der Waals surface area contributed by atoms with Crippen LogP contribution in [0.15, 0.2) is 54.7 Å². The Balaban J connectivity index is 2.02. The molecule has 1 N–H and O–H groups in total. The summed E-state index contributed by atoms with van der Waals surface area (Å²) in [5, 5.41) is 4.12. The molecule has 1 aromatic heterocycles. The molecule has 0 atom stereocenters. The molecular formula is C18H13N3O2. The Labute approximate surface area is 133 Å². The highest BCUT2D eigenvalue weighted by molar-refractivity contribution is 5.96. The van der Waals surface area contributed by atoms with Crippen LogP contribution in [0.4, 0.5) is 17.1 Å². The van der Waals surface area contributed by atoms with Crippen molar-refractivity contribution in [3.05, 3.63) is 71.7 Å². The van der Waals surface area contributed by atoms with E-state index in [1.165, 1.54) is 7.11 Å². The highest BCUT2D eigenvalue weighted by Crippen LogP contribution is 2.28. The molecule has 1 heterocycles. The molecular weight excluding hydrogens is 290 g/mol. The fourth-order valence-corrected chi connectivity index (χ4v) is 2.31. The van der Waals surface area contributed by atoms with Crippen LogP contribution >= 0.6 is 0 Å². The molecule has 23 heavy (non-hydrogen) atoms. The van der Waals surface area contributed by atoms with Crippen molar-refractivity contribution < 1.29 is 9.53 Å². The first kappa shape index (κ1) is 14.5. The predicted molar refractivity (Wildman–Crippen MR) is 89.1 cm³/mol. The third-order valence-electron chi connectivity index (χ3n) is 3.42. The van der Waals surface area contributed by atoms with Crippen LogP contribution in [-0.4, -0.2) is 18.1 Å². The average Bonchev–Trinajstić information content (AvgIpc) is 2.61. The van der Waals surface area contributed by atoms with E-state index in [1.807, 2.05) is 18.2 Å². The van der Waals surface area contributed by atoms with E-state index in [0.29, 0.717) is 11.3 Å². The van der Waals surface area contributed by atoms with E-state index in [1.54, 1.807) is 36.5 Å². The van der Waals surface area contributed by atoms with Gasteiger partial charge < -0.3 is 10.1 Å². The van der Waals surface area contributed by atoms with Crippen LogP contribution < -0.4 is 5.32 Å². The highest BCUT2D eigenvalue weighted by atomic mass is 16.5. The molecule has 0 radical (unpaired) electrons. The van der Waals surface area contributed by atoms with Crippen molar-refractivity contribution in [2.45, 2.75) is 0 Å². The van der Waals surface area contributed by atoms with Crippen molar-refractivity contribution in [3.8, 4) is 0 Å². The predicted octanol–water partition coefficient (Wildman–Crippen LogP) is 4.32. The highest BCUT2D eigenvalue weighted by Gasteiger charge is 2.07. The average molecular weight is 303 g/mol. The molecule has 3 aromatic rings. The second kappa shape index (κ2) is 6.16. The largest absolute Gasteiger partial charge is 0.465 e. The van der Waals surface area contributed by atoms with Gasteiger partial charge in [0.1, 0.15) is 0 Å². The summed E-state index contributed by atoms with van der Waals surface area (Å²) in [5.41, 5.74) is 3.40. The zero-order valence-corrected chi connectivity index (χ0v) is 12.4. The van der Waals surface area contributed by atoms with Gasteiger partial charge in [0.05, 0.1) is 24.8 Å². The number of rotatable bonds is 3. The minimum atomic E-state index is -0.386. The van der Waals surface area contributed by atoms with Gasteiger partial charge in [-0.3, -0.25) is 4.98 Å². The number of anilines is 2. The summed E-state index contributed by atoms with van der Waals surface area (Å²) in [4.78, 5) is 19.4. The molecule has 0 aliphatic heterocycles. The first-order chi connectivity index (χ1) is 11.2. The number of esters is 1. The Morgan fingerprint density at radius 3 is 2.87 bits per heavy atom. The topological polar surface area (TPSA) is 55.6 Å². The first-order valence-corrected chi connectivity index (χ1v) is 6.93. The zero-order chi connectivity index (χ0) is 16.2. The molecule has 0 fully saturated rings. The number of hydrogen-bond donors (Lipinski definition) is 1. The summed E-state index contributed by atoms with van der Waals surface area (Å²) in [6.45, 7) is 7.14. The molecule has 3 rings (SSSR count). The number of benzene rings is 2. The summed E-state index contributed by atoms with van der Waals surface area (Å²) in [6.07, 6.45) is 1.70. The number of methoxy groups -OCH3 is 1. The molecule has 0 aliphatic carbocycles. The van der Waals surface area contributed by atoms with Crippen molar-refractivity contribution in [3.63, 3.8) is 0 Å². The fraction of sp³-hybridized carbons (Fsp3) is 0.0556. The summed E-state index contributed by atoms with van der Waals surface area (Å²) < 4.78 is 4.73. The Kier molecular flexibility index (Phi) is 3.89. The number of carbonyl (C=O) groups excluding carboxylic acids is 1. The van der Waals surface area contributed by atoms with Gasteiger partial charge in [0, 0.05) is 23.0 Å². The van der Waals surface area contributed by atoms with Crippen molar-refractivity contribution >= 4 is 33.9 Å². The number of fused-ring (bicyclic) bond motifs is 1. The van der Waals surface area contributed by atoms with Crippen molar-refractivity contribution in [2.24, 2.45) is 0 Å². The SMILES string of the molecule is [C-]#[N+]c1ccc2nccc(Nc3cccc(C(=O)OC)c3)c2c1. The maximum absolute atomic E-state index is 11.6. The quantitative estimate of drug-likeness (QED) is 0.578. The van der Waals surface area contributed by atoms with E-state index in [0.717, 1.165) is 22.3 Å². The standard InChI is InChI=1S/C18H13N3O2/c1-19-13-6-7-16-15(11-13)17(8-9-20-16)21-14-5-3-4-12(10-14)18(22)23-2/h3-11H,2H3,(H,20,21).